The summed E-state index contributed by atoms with van der Waals surface area (Å²) in [5.41, 5.74) is 207. The van der Waals surface area contributed by atoms with E-state index in [1.54, 1.807) is 0 Å². The average molecular weight is 1220 g/mol. The van der Waals surface area contributed by atoms with Gasteiger partial charge in [0.05, 0.1) is 19.3 Å². The summed E-state index contributed by atoms with van der Waals surface area (Å²) in [6, 6.07) is 0. The van der Waals surface area contributed by atoms with E-state index in [4.69, 9.17) is 9.84 Å². The molecule has 1 aliphatic rings. The molecule has 94 heavy (non-hydrogen) atoms. The highest BCUT2D eigenvalue weighted by atomic mass is 79.9. The smallest absolute Gasteiger partial charge is 0.0781 e. The molecule has 1 heterocycles. The summed E-state index contributed by atoms with van der Waals surface area (Å²) >= 11 is 3.12. The second-order valence-electron chi connectivity index (χ2n) is 12.6. The minimum Gasteiger partial charge on any atom is -0.395 e. The van der Waals surface area contributed by atoms with Crippen LogP contribution in [-0.2, 0) is 4.74 Å². The summed E-state index contributed by atoms with van der Waals surface area (Å²) in [6.45, 7) is 11.8. The standard InChI is InChI=1S/C85H4.C3H7BrO.C3H6O/c1-3-5-7-9-11-13-15-17-19-21-23-25-27-29-31-33-35-37-39-41-43-45-47-49-51-53-55-57-59-61-63-65-67-69-71-73-75-77-79-81-83-85-84-82-80-78-76-74-72-70-68-66-64-62-60-58-56-54-52-50-48-46-44-42-40-38-36-34-32-30-28-26-24-22-20-18-16-14-12-10-8-6-4-2;1-3(4)2-5;1-3-2-4-3/h1-2H2;3,5H,2H2,1H3;3H,2H2,1H3. The Morgan fingerprint density at radius 2 is 0.287 bits per heavy atom. The summed E-state index contributed by atoms with van der Waals surface area (Å²) in [5.74, 6) is 0. The lowest BCUT2D eigenvalue weighted by molar-refractivity contribution is 0.302. The zero-order valence-electron chi connectivity index (χ0n) is 48.7. The Morgan fingerprint density at radius 1 is 0.234 bits per heavy atom. The van der Waals surface area contributed by atoms with Gasteiger partial charge in [0, 0.05) is 377 Å². The van der Waals surface area contributed by atoms with Crippen molar-refractivity contribution in [3.8, 4) is 0 Å². The van der Waals surface area contributed by atoms with Crippen LogP contribution in [0.25, 0.3) is 0 Å². The minimum absolute atomic E-state index is 0.222. The fourth-order valence-corrected chi connectivity index (χ4v) is 2.65. The van der Waals surface area contributed by atoms with Gasteiger partial charge in [0.2, 0.25) is 0 Å². The summed E-state index contributed by atoms with van der Waals surface area (Å²) < 4.78 is 4.71. The van der Waals surface area contributed by atoms with E-state index in [1.807, 2.05) is 6.92 Å². The molecule has 1 aliphatic heterocycles. The van der Waals surface area contributed by atoms with Crippen LogP contribution in [0.2, 0.25) is 0 Å². The maximum Gasteiger partial charge on any atom is 0.0781 e. The van der Waals surface area contributed by atoms with E-state index in [0.29, 0.717) is 6.10 Å². The average Bonchev–Trinajstić information content (AvgIpc) is 4.59. The van der Waals surface area contributed by atoms with Gasteiger partial charge in [0.15, 0.2) is 0 Å². The lowest BCUT2D eigenvalue weighted by atomic mass is 10.5. The van der Waals surface area contributed by atoms with Crippen LogP contribution in [0, 0.1) is 0 Å². The van der Waals surface area contributed by atoms with Gasteiger partial charge in [0.1, 0.15) is 0 Å². The molecule has 2 nitrogen and oxygen atoms in total. The van der Waals surface area contributed by atoms with Crippen LogP contribution in [0.3, 0.4) is 0 Å². The van der Waals surface area contributed by atoms with Gasteiger partial charge in [-0.25, -0.2) is 0 Å². The van der Waals surface area contributed by atoms with Gasteiger partial charge in [-0.1, -0.05) is 34.3 Å². The van der Waals surface area contributed by atoms with Crippen LogP contribution >= 0.6 is 15.9 Å². The van der Waals surface area contributed by atoms with Crippen molar-refractivity contribution in [1.82, 2.24) is 0 Å². The Morgan fingerprint density at radius 3 is 0.319 bits per heavy atom. The molecular formula is C91H17BrO2. The van der Waals surface area contributed by atoms with Gasteiger partial charge in [-0.3, -0.25) is 0 Å². The zero-order chi connectivity index (χ0) is 68.0. The van der Waals surface area contributed by atoms with E-state index in [2.05, 4.69) is 512 Å². The van der Waals surface area contributed by atoms with E-state index in [1.165, 1.54) is 0 Å². The third kappa shape index (κ3) is 82.7. The third-order valence-electron chi connectivity index (χ3n) is 5.93. The molecule has 0 saturated carbocycles. The van der Waals surface area contributed by atoms with Gasteiger partial charge in [-0.05, 0) is 112 Å². The SMILES string of the molecule is C=C=C=C=C=C=C=C=C=C=C=C=C=C=C=C=C=C=C=C=C=C=C=C=C=C=C=C=C=C=C=C=C=C=C=C=C=C=C=C=C=C=C=C=C=C=C=C=C=C=C=C=C=C=C=C=C=C=C=C=C=C=C=C=C=C=C=C=C=C=C=C=C=C=C=C=C=C=C=C=C=C=C=C=C.CC(Br)CO.CC1CO1. The van der Waals surface area contributed by atoms with Crippen molar-refractivity contribution in [1.29, 1.82) is 0 Å². The van der Waals surface area contributed by atoms with E-state index in [-0.39, 0.29) is 11.4 Å². The predicted octanol–water partition coefficient (Wildman–Crippen LogP) is 14.8. The van der Waals surface area contributed by atoms with Gasteiger partial charge in [-0.2, -0.15) is 0 Å². The first kappa shape index (κ1) is 77.9. The number of hydrogen-bond acceptors (Lipinski definition) is 2. The van der Waals surface area contributed by atoms with Crippen molar-refractivity contribution >= 4 is 15.9 Å². The second kappa shape index (κ2) is 74.9. The van der Waals surface area contributed by atoms with E-state index in [9.17, 15) is 0 Å². The van der Waals surface area contributed by atoms with Crippen molar-refractivity contribution in [2.45, 2.75) is 24.8 Å². The first-order valence-electron chi connectivity index (χ1n) is 24.2. The van der Waals surface area contributed by atoms with Crippen LogP contribution in [0.5, 0.6) is 0 Å². The van der Waals surface area contributed by atoms with Gasteiger partial charge in [0.25, 0.3) is 0 Å². The largest absolute Gasteiger partial charge is 0.395 e. The molecular weight excluding hydrogens is 1200 g/mol. The lowest BCUT2D eigenvalue weighted by Gasteiger charge is -1.87. The molecule has 0 aromatic rings. The molecule has 1 saturated heterocycles. The normalized spacial score (nSPS) is 6.06. The Hall–Kier alpha value is -18.1. The Bertz CT molecular complexity index is 6360. The quantitative estimate of drug-likeness (QED) is 0.161. The van der Waals surface area contributed by atoms with Crippen LogP contribution in [0.4, 0.5) is 0 Å². The van der Waals surface area contributed by atoms with E-state index >= 15 is 0 Å². The van der Waals surface area contributed by atoms with E-state index < -0.39 is 0 Å². The molecule has 0 aliphatic carbocycles. The number of epoxide rings is 1. The molecule has 0 aromatic heterocycles. The van der Waals surface area contributed by atoms with Gasteiger partial charge in [-0.15, -0.1) is 0 Å². The molecule has 0 amide bonds. The number of alkyl halides is 1. The van der Waals surface area contributed by atoms with Crippen molar-refractivity contribution in [3.63, 3.8) is 0 Å². The molecule has 1 N–H and O–H groups in total. The lowest BCUT2D eigenvalue weighted by Crippen LogP contribution is -1.93. The molecule has 1 rings (SSSR count). The highest BCUT2D eigenvalue weighted by Crippen LogP contribution is 2.04. The number of ether oxygens (including phenoxy) is 1. The minimum atomic E-state index is 0.222. The number of hydrogen-bond donors (Lipinski definition) is 1. The molecule has 0 aromatic carbocycles. The Labute approximate surface area is 548 Å². The highest BCUT2D eigenvalue weighted by molar-refractivity contribution is 9.09. The number of aliphatic hydroxyl groups is 1. The molecule has 2 unspecified atom stereocenters. The molecule has 400 valence electrons. The van der Waals surface area contributed by atoms with Crippen molar-refractivity contribution in [3.05, 3.63) is 489 Å². The topological polar surface area (TPSA) is 32.8 Å². The monoisotopic (exact) mass is 1220 g/mol. The summed E-state index contributed by atoms with van der Waals surface area (Å²) in [5, 5.41) is 8.10. The van der Waals surface area contributed by atoms with Crippen molar-refractivity contribution < 1.29 is 9.84 Å². The zero-order valence-corrected chi connectivity index (χ0v) is 50.3. The maximum absolute atomic E-state index is 8.10. The number of aliphatic hydroxyl groups excluding tert-OH is 1. The molecule has 0 radical (unpaired) electrons. The van der Waals surface area contributed by atoms with Crippen LogP contribution in [-0.4, -0.2) is 29.3 Å². The Balaban J connectivity index is 0. The summed E-state index contributed by atoms with van der Waals surface area (Å²) in [6.07, 6.45) is 0.583. The van der Waals surface area contributed by atoms with E-state index in [0.717, 1.165) is 6.61 Å². The fourth-order valence-electron chi connectivity index (χ4n) is 2.65. The summed E-state index contributed by atoms with van der Waals surface area (Å²) in [7, 11) is 0. The van der Waals surface area contributed by atoms with Crippen LogP contribution < -0.4 is 0 Å². The number of halogens is 1. The molecule has 3 heteroatoms. The van der Waals surface area contributed by atoms with Crippen LogP contribution in [0.1, 0.15) is 13.8 Å². The molecule has 2 atom stereocenters. The highest BCUT2D eigenvalue weighted by Gasteiger charge is 2.13. The predicted molar refractivity (Wildman–Crippen MR) is 344 cm³/mol. The molecule has 0 spiro atoms. The van der Waals surface area contributed by atoms with Gasteiger partial charge < -0.3 is 9.84 Å². The number of rotatable bonds is 1. The third-order valence-corrected chi connectivity index (χ3v) is 6.22. The van der Waals surface area contributed by atoms with Gasteiger partial charge >= 0.3 is 0 Å². The summed E-state index contributed by atoms with van der Waals surface area (Å²) in [4.78, 5) is 0.252. The molecule has 1 fully saturated rings. The van der Waals surface area contributed by atoms with Crippen molar-refractivity contribution in [2.75, 3.05) is 13.2 Å². The fraction of sp³-hybridized carbons (Fsp3) is 0.0659. The van der Waals surface area contributed by atoms with Crippen LogP contribution in [0.15, 0.2) is 489 Å². The second-order valence-corrected chi connectivity index (χ2v) is 14.1. The maximum atomic E-state index is 8.10. The Kier molecular flexibility index (Phi) is 62.1. The molecule has 0 bridgehead atoms. The first-order valence-corrected chi connectivity index (χ1v) is 25.2. The van der Waals surface area contributed by atoms with Crippen molar-refractivity contribution in [2.24, 2.45) is 0 Å². The first-order chi connectivity index (χ1) is 46.6.